The van der Waals surface area contributed by atoms with Gasteiger partial charge >= 0.3 is 0 Å². The number of aromatic nitrogens is 1. The van der Waals surface area contributed by atoms with Gasteiger partial charge in [0.05, 0.1) is 5.52 Å². The van der Waals surface area contributed by atoms with E-state index in [1.54, 1.807) is 0 Å². The average Bonchev–Trinajstić information content (AvgIpc) is 3.46. The number of fused-ring (bicyclic) bond motifs is 7. The monoisotopic (exact) mass is 733 g/mol. The molecule has 1 nitrogen and oxygen atoms in total. The Hall–Kier alpha value is -6.18. The Kier molecular flexibility index (Phi) is 6.99. The second-order valence-corrected chi connectivity index (χ2v) is 18.6. The topological polar surface area (TPSA) is 4.93 Å². The summed E-state index contributed by atoms with van der Waals surface area (Å²) in [6, 6.07) is 53.2. The Labute approximate surface area is 334 Å². The zero-order valence-corrected chi connectivity index (χ0v) is 34.2. The molecule has 0 bridgehead atoms. The SMILES string of the molecule is Cc1c(C)n(-c2ccc3c(C(C)(C)C)c4ccccc4c(C(C)(C)C)c3c2)c2ccc3c4ccc(-c5ccc6ccc7cccc8ccc5c6c78)cc4ccc3c12. The Morgan fingerprint density at radius 3 is 1.67 bits per heavy atom. The molecular weight excluding hydrogens is 687 g/mol. The molecule has 10 aromatic carbocycles. The third kappa shape index (κ3) is 4.82. The van der Waals surface area contributed by atoms with E-state index in [1.165, 1.54) is 126 Å². The normalized spacial score (nSPS) is 12.9. The van der Waals surface area contributed by atoms with Gasteiger partial charge in [-0.05, 0) is 152 Å². The predicted octanol–water partition coefficient (Wildman–Crippen LogP) is 16.0. The van der Waals surface area contributed by atoms with Crippen molar-refractivity contribution in [3.8, 4) is 16.8 Å². The molecule has 0 spiro atoms. The molecule has 0 N–H and O–H groups in total. The molecule has 0 aliphatic carbocycles. The molecule has 0 saturated heterocycles. The first kappa shape index (κ1) is 34.1. The first-order valence-corrected chi connectivity index (χ1v) is 20.5. The number of benzene rings is 10. The van der Waals surface area contributed by atoms with E-state index in [9.17, 15) is 0 Å². The van der Waals surface area contributed by atoms with Gasteiger partial charge in [0.25, 0.3) is 0 Å². The van der Waals surface area contributed by atoms with Crippen molar-refractivity contribution in [2.75, 3.05) is 0 Å². The zero-order chi connectivity index (χ0) is 39.1. The predicted molar refractivity (Wildman–Crippen MR) is 249 cm³/mol. The average molecular weight is 734 g/mol. The Morgan fingerprint density at radius 1 is 0.386 bits per heavy atom. The van der Waals surface area contributed by atoms with Crippen LogP contribution in [0.3, 0.4) is 0 Å². The maximum absolute atomic E-state index is 2.50. The lowest BCUT2D eigenvalue weighted by atomic mass is 9.74. The van der Waals surface area contributed by atoms with E-state index < -0.39 is 0 Å². The van der Waals surface area contributed by atoms with Crippen molar-refractivity contribution in [1.29, 1.82) is 0 Å². The summed E-state index contributed by atoms with van der Waals surface area (Å²) in [6.45, 7) is 18.8. The van der Waals surface area contributed by atoms with Crippen LogP contribution < -0.4 is 0 Å². The van der Waals surface area contributed by atoms with E-state index in [4.69, 9.17) is 0 Å². The summed E-state index contributed by atoms with van der Waals surface area (Å²) in [4.78, 5) is 0. The standard InChI is InChI=1S/C56H47N/c1-32-33(2)57(39-22-27-47-48(31-39)54(56(6,7)8)46-15-10-9-14-45(46)53(47)55(3,4)5)49-29-28-42-40-24-20-38(30-37(40)21-26-44(42)50(32)49)41-23-18-36-17-16-34-12-11-13-35-19-25-43(41)52(36)51(34)35/h9-31H,1-8H3. The van der Waals surface area contributed by atoms with Crippen LogP contribution >= 0.6 is 0 Å². The van der Waals surface area contributed by atoms with Gasteiger partial charge in [0.2, 0.25) is 0 Å². The lowest BCUT2D eigenvalue weighted by Gasteiger charge is -2.30. The van der Waals surface area contributed by atoms with Crippen molar-refractivity contribution >= 4 is 86.3 Å². The fraction of sp³-hybridized carbons (Fsp3) is 0.179. The maximum Gasteiger partial charge on any atom is 0.0540 e. The van der Waals surface area contributed by atoms with Gasteiger partial charge in [-0.3, -0.25) is 0 Å². The third-order valence-corrected chi connectivity index (χ3v) is 13.1. The molecule has 0 radical (unpaired) electrons. The number of hydrogen-bond donors (Lipinski definition) is 0. The van der Waals surface area contributed by atoms with E-state index in [0.29, 0.717) is 0 Å². The van der Waals surface area contributed by atoms with Crippen LogP contribution in [0.4, 0.5) is 0 Å². The van der Waals surface area contributed by atoms with Gasteiger partial charge in [-0.2, -0.15) is 0 Å². The van der Waals surface area contributed by atoms with E-state index in [2.05, 4.69) is 199 Å². The van der Waals surface area contributed by atoms with Crippen molar-refractivity contribution < 1.29 is 0 Å². The lowest BCUT2D eigenvalue weighted by molar-refractivity contribution is 0.593. The maximum atomic E-state index is 2.50. The Bertz CT molecular complexity index is 3470. The molecular formula is C56H47N. The summed E-state index contributed by atoms with van der Waals surface area (Å²) in [7, 11) is 0. The summed E-state index contributed by atoms with van der Waals surface area (Å²) in [5.41, 5.74) is 10.5. The van der Waals surface area contributed by atoms with Crippen LogP contribution in [0.1, 0.15) is 63.9 Å². The molecule has 0 saturated carbocycles. The summed E-state index contributed by atoms with van der Waals surface area (Å²) in [6.07, 6.45) is 0. The molecule has 0 aliphatic heterocycles. The number of nitrogens with zero attached hydrogens (tertiary/aromatic N) is 1. The molecule has 1 heteroatoms. The van der Waals surface area contributed by atoms with Gasteiger partial charge in [0.1, 0.15) is 0 Å². The van der Waals surface area contributed by atoms with E-state index in [0.717, 1.165) is 0 Å². The highest BCUT2D eigenvalue weighted by atomic mass is 15.0. The van der Waals surface area contributed by atoms with Crippen LogP contribution in [0.15, 0.2) is 140 Å². The first-order chi connectivity index (χ1) is 27.4. The molecule has 1 heterocycles. The molecule has 57 heavy (non-hydrogen) atoms. The van der Waals surface area contributed by atoms with Crippen LogP contribution in [0.25, 0.3) is 103 Å². The van der Waals surface area contributed by atoms with Gasteiger partial charge in [-0.25, -0.2) is 0 Å². The fourth-order valence-corrected chi connectivity index (χ4v) is 10.7. The van der Waals surface area contributed by atoms with Crippen LogP contribution in [-0.4, -0.2) is 4.57 Å². The number of aryl methyl sites for hydroxylation is 1. The molecule has 0 amide bonds. The molecule has 0 unspecified atom stereocenters. The van der Waals surface area contributed by atoms with E-state index in [-0.39, 0.29) is 10.8 Å². The van der Waals surface area contributed by atoms with E-state index in [1.807, 2.05) is 0 Å². The van der Waals surface area contributed by atoms with Gasteiger partial charge < -0.3 is 4.57 Å². The summed E-state index contributed by atoms with van der Waals surface area (Å²) < 4.78 is 2.50. The molecule has 11 aromatic rings. The van der Waals surface area contributed by atoms with Crippen molar-refractivity contribution in [1.82, 2.24) is 4.57 Å². The number of rotatable bonds is 2. The molecule has 1 aromatic heterocycles. The highest BCUT2D eigenvalue weighted by Gasteiger charge is 2.28. The van der Waals surface area contributed by atoms with Gasteiger partial charge in [0, 0.05) is 16.8 Å². The second kappa shape index (κ2) is 11.7. The minimum absolute atomic E-state index is 0.00711. The third-order valence-electron chi connectivity index (χ3n) is 13.1. The molecule has 276 valence electrons. The quantitative estimate of drug-likeness (QED) is 0.123. The molecule has 0 atom stereocenters. The lowest BCUT2D eigenvalue weighted by Crippen LogP contribution is -2.17. The summed E-state index contributed by atoms with van der Waals surface area (Å²) in [5.74, 6) is 0. The highest BCUT2D eigenvalue weighted by Crippen LogP contribution is 2.46. The zero-order valence-electron chi connectivity index (χ0n) is 34.2. The smallest absolute Gasteiger partial charge is 0.0540 e. The summed E-state index contributed by atoms with van der Waals surface area (Å²) in [5, 5.41) is 19.9. The first-order valence-electron chi connectivity index (χ1n) is 20.5. The van der Waals surface area contributed by atoms with Crippen LogP contribution in [0.5, 0.6) is 0 Å². The number of hydrogen-bond acceptors (Lipinski definition) is 0. The minimum atomic E-state index is -0.0340. The van der Waals surface area contributed by atoms with E-state index >= 15 is 0 Å². The second-order valence-electron chi connectivity index (χ2n) is 18.6. The molecule has 0 fully saturated rings. The largest absolute Gasteiger partial charge is 0.314 e. The summed E-state index contributed by atoms with van der Waals surface area (Å²) >= 11 is 0. The highest BCUT2D eigenvalue weighted by molar-refractivity contribution is 6.26. The van der Waals surface area contributed by atoms with Crippen LogP contribution in [0, 0.1) is 13.8 Å². The van der Waals surface area contributed by atoms with Crippen molar-refractivity contribution in [2.24, 2.45) is 0 Å². The minimum Gasteiger partial charge on any atom is -0.314 e. The van der Waals surface area contributed by atoms with Crippen LogP contribution in [-0.2, 0) is 10.8 Å². The van der Waals surface area contributed by atoms with Crippen LogP contribution in [0.2, 0.25) is 0 Å². The van der Waals surface area contributed by atoms with Gasteiger partial charge in [0.15, 0.2) is 0 Å². The fourth-order valence-electron chi connectivity index (χ4n) is 10.7. The molecule has 0 aliphatic rings. The van der Waals surface area contributed by atoms with Gasteiger partial charge in [-0.15, -0.1) is 0 Å². The van der Waals surface area contributed by atoms with Crippen molar-refractivity contribution in [2.45, 2.75) is 66.2 Å². The van der Waals surface area contributed by atoms with Crippen molar-refractivity contribution in [3.05, 3.63) is 162 Å². The van der Waals surface area contributed by atoms with Gasteiger partial charge in [-0.1, -0.05) is 157 Å². The Balaban J connectivity index is 1.10. The molecule has 11 rings (SSSR count). The van der Waals surface area contributed by atoms with Crippen molar-refractivity contribution in [3.63, 3.8) is 0 Å². The Morgan fingerprint density at radius 2 is 0.947 bits per heavy atom.